The van der Waals surface area contributed by atoms with Crippen LogP contribution in [0.3, 0.4) is 0 Å². The third kappa shape index (κ3) is 7.37. The summed E-state index contributed by atoms with van der Waals surface area (Å²) < 4.78 is 0. The average molecular weight is 340 g/mol. The summed E-state index contributed by atoms with van der Waals surface area (Å²) in [7, 11) is 0. The number of amides is 3. The Balaban J connectivity index is 2.50. The van der Waals surface area contributed by atoms with Gasteiger partial charge < -0.3 is 16.0 Å². The average Bonchev–Trinajstić information content (AvgIpc) is 2.50. The van der Waals surface area contributed by atoms with Gasteiger partial charge in [0, 0.05) is 19.2 Å². The number of halogens is 1. The molecule has 0 unspecified atom stereocenters. The highest BCUT2D eigenvalue weighted by atomic mass is 35.5. The van der Waals surface area contributed by atoms with Gasteiger partial charge in [-0.1, -0.05) is 44.7 Å². The van der Waals surface area contributed by atoms with Crippen LogP contribution in [0.15, 0.2) is 18.2 Å². The lowest BCUT2D eigenvalue weighted by molar-refractivity contribution is -0.114. The van der Waals surface area contributed by atoms with Gasteiger partial charge >= 0.3 is 6.03 Å². The van der Waals surface area contributed by atoms with Crippen LogP contribution in [0.4, 0.5) is 16.2 Å². The number of benzene rings is 1. The summed E-state index contributed by atoms with van der Waals surface area (Å²) >= 11 is 6.08. The van der Waals surface area contributed by atoms with Crippen molar-refractivity contribution in [3.8, 4) is 0 Å². The Labute approximate surface area is 143 Å². The fourth-order valence-corrected chi connectivity index (χ4v) is 2.47. The minimum absolute atomic E-state index is 0.192. The standard InChI is InChI=1S/C17H26ClN3O2/c1-4-6-7-13(5-2)11-19-17(23)21-14-8-9-16(15(18)10-14)20-12(3)22/h8-10,13H,4-7,11H2,1-3H3,(H,20,22)(H2,19,21,23)/t13-/m1/s1. The van der Waals surface area contributed by atoms with Gasteiger partial charge in [-0.25, -0.2) is 4.79 Å². The molecular weight excluding hydrogens is 314 g/mol. The van der Waals surface area contributed by atoms with E-state index in [1.54, 1.807) is 18.2 Å². The van der Waals surface area contributed by atoms with Crippen molar-refractivity contribution in [3.63, 3.8) is 0 Å². The van der Waals surface area contributed by atoms with E-state index in [0.717, 1.165) is 12.8 Å². The maximum atomic E-state index is 11.9. The summed E-state index contributed by atoms with van der Waals surface area (Å²) in [6.45, 7) is 6.39. The number of rotatable bonds is 8. The zero-order valence-electron chi connectivity index (χ0n) is 14.0. The van der Waals surface area contributed by atoms with Crippen molar-refractivity contribution in [2.45, 2.75) is 46.5 Å². The summed E-state index contributed by atoms with van der Waals surface area (Å²) in [6, 6.07) is 4.73. The minimum Gasteiger partial charge on any atom is -0.338 e. The van der Waals surface area contributed by atoms with Crippen LogP contribution in [0.1, 0.15) is 46.5 Å². The third-order valence-electron chi connectivity index (χ3n) is 3.63. The van der Waals surface area contributed by atoms with Gasteiger partial charge in [-0.2, -0.15) is 0 Å². The molecule has 0 aliphatic rings. The first-order valence-electron chi connectivity index (χ1n) is 8.08. The highest BCUT2D eigenvalue weighted by Gasteiger charge is 2.09. The van der Waals surface area contributed by atoms with Crippen molar-refractivity contribution >= 4 is 34.9 Å². The number of hydrogen-bond donors (Lipinski definition) is 3. The van der Waals surface area contributed by atoms with Crippen molar-refractivity contribution in [1.82, 2.24) is 5.32 Å². The van der Waals surface area contributed by atoms with E-state index in [9.17, 15) is 9.59 Å². The molecule has 0 bridgehead atoms. The van der Waals surface area contributed by atoms with E-state index in [0.29, 0.717) is 28.9 Å². The van der Waals surface area contributed by atoms with E-state index in [4.69, 9.17) is 11.6 Å². The smallest absolute Gasteiger partial charge is 0.319 e. The summed E-state index contributed by atoms with van der Waals surface area (Å²) in [4.78, 5) is 23.0. The number of anilines is 2. The first-order valence-corrected chi connectivity index (χ1v) is 8.46. The molecule has 1 atom stereocenters. The summed E-state index contributed by atoms with van der Waals surface area (Å²) in [5, 5.41) is 8.65. The van der Waals surface area contributed by atoms with E-state index >= 15 is 0 Å². The lowest BCUT2D eigenvalue weighted by atomic mass is 9.99. The van der Waals surface area contributed by atoms with Gasteiger partial charge in [0.05, 0.1) is 10.7 Å². The van der Waals surface area contributed by atoms with Crippen molar-refractivity contribution in [3.05, 3.63) is 23.2 Å². The predicted octanol–water partition coefficient (Wildman–Crippen LogP) is 4.64. The number of carbonyl (C=O) groups is 2. The number of hydrogen-bond acceptors (Lipinski definition) is 2. The zero-order chi connectivity index (χ0) is 17.2. The molecule has 1 aromatic rings. The largest absolute Gasteiger partial charge is 0.338 e. The predicted molar refractivity (Wildman–Crippen MR) is 96.1 cm³/mol. The van der Waals surface area contributed by atoms with Crippen molar-refractivity contribution in [1.29, 1.82) is 0 Å². The van der Waals surface area contributed by atoms with E-state index in [-0.39, 0.29) is 11.9 Å². The Morgan fingerprint density at radius 3 is 2.52 bits per heavy atom. The summed E-state index contributed by atoms with van der Waals surface area (Å²) in [5.74, 6) is 0.314. The molecule has 1 rings (SSSR count). The molecule has 0 saturated heterocycles. The van der Waals surface area contributed by atoms with Crippen LogP contribution in [0.5, 0.6) is 0 Å². The van der Waals surface area contributed by atoms with Crippen LogP contribution in [0, 0.1) is 5.92 Å². The Bertz CT molecular complexity index is 535. The third-order valence-corrected chi connectivity index (χ3v) is 3.94. The Morgan fingerprint density at radius 2 is 1.96 bits per heavy atom. The van der Waals surface area contributed by atoms with E-state index in [2.05, 4.69) is 29.8 Å². The maximum absolute atomic E-state index is 11.9. The highest BCUT2D eigenvalue weighted by molar-refractivity contribution is 6.34. The number of carbonyl (C=O) groups excluding carboxylic acids is 2. The topological polar surface area (TPSA) is 70.2 Å². The lowest BCUT2D eigenvalue weighted by Crippen LogP contribution is -2.33. The molecule has 23 heavy (non-hydrogen) atoms. The van der Waals surface area contributed by atoms with Gasteiger partial charge in [-0.05, 0) is 30.5 Å². The van der Waals surface area contributed by atoms with Gasteiger partial charge in [0.2, 0.25) is 5.91 Å². The first kappa shape index (κ1) is 19.3. The molecule has 0 heterocycles. The van der Waals surface area contributed by atoms with Crippen molar-refractivity contribution < 1.29 is 9.59 Å². The highest BCUT2D eigenvalue weighted by Crippen LogP contribution is 2.25. The number of unbranched alkanes of at least 4 members (excludes halogenated alkanes) is 1. The van der Waals surface area contributed by atoms with Crippen LogP contribution in [0.2, 0.25) is 5.02 Å². The second kappa shape index (κ2) is 10.1. The van der Waals surface area contributed by atoms with Crippen molar-refractivity contribution in [2.75, 3.05) is 17.2 Å². The molecular formula is C17H26ClN3O2. The second-order valence-electron chi connectivity index (χ2n) is 5.63. The molecule has 0 fully saturated rings. The normalized spacial score (nSPS) is 11.7. The molecule has 3 amide bonds. The van der Waals surface area contributed by atoms with Crippen LogP contribution in [-0.4, -0.2) is 18.5 Å². The molecule has 3 N–H and O–H groups in total. The Morgan fingerprint density at radius 1 is 1.22 bits per heavy atom. The van der Waals surface area contributed by atoms with Crippen LogP contribution < -0.4 is 16.0 Å². The minimum atomic E-state index is -0.247. The summed E-state index contributed by atoms with van der Waals surface area (Å²) in [5.41, 5.74) is 1.11. The SMILES string of the molecule is CCCC[C@@H](CC)CNC(=O)Nc1ccc(NC(C)=O)c(Cl)c1. The second-order valence-corrected chi connectivity index (χ2v) is 6.03. The molecule has 0 aromatic heterocycles. The van der Waals surface area contributed by atoms with Crippen LogP contribution in [-0.2, 0) is 4.79 Å². The number of urea groups is 1. The zero-order valence-corrected chi connectivity index (χ0v) is 14.8. The first-order chi connectivity index (χ1) is 11.0. The molecule has 5 nitrogen and oxygen atoms in total. The van der Waals surface area contributed by atoms with Gasteiger partial charge in [0.1, 0.15) is 0 Å². The van der Waals surface area contributed by atoms with E-state index < -0.39 is 0 Å². The fraction of sp³-hybridized carbons (Fsp3) is 0.529. The molecule has 0 spiro atoms. The lowest BCUT2D eigenvalue weighted by Gasteiger charge is -2.16. The molecule has 128 valence electrons. The van der Waals surface area contributed by atoms with Crippen LogP contribution >= 0.6 is 11.6 Å². The van der Waals surface area contributed by atoms with Crippen LogP contribution in [0.25, 0.3) is 0 Å². The molecule has 0 radical (unpaired) electrons. The monoisotopic (exact) mass is 339 g/mol. The van der Waals surface area contributed by atoms with Gasteiger partial charge in [-0.3, -0.25) is 4.79 Å². The number of nitrogens with one attached hydrogen (secondary N) is 3. The maximum Gasteiger partial charge on any atom is 0.319 e. The van der Waals surface area contributed by atoms with Gasteiger partial charge in [0.15, 0.2) is 0 Å². The van der Waals surface area contributed by atoms with Gasteiger partial charge in [-0.15, -0.1) is 0 Å². The quantitative estimate of drug-likeness (QED) is 0.645. The van der Waals surface area contributed by atoms with Crippen molar-refractivity contribution in [2.24, 2.45) is 5.92 Å². The molecule has 1 aromatic carbocycles. The molecule has 6 heteroatoms. The van der Waals surface area contributed by atoms with Gasteiger partial charge in [0.25, 0.3) is 0 Å². The Hall–Kier alpha value is -1.75. The molecule has 0 aliphatic heterocycles. The Kier molecular flexibility index (Phi) is 8.48. The van der Waals surface area contributed by atoms with E-state index in [1.165, 1.54) is 19.8 Å². The fourth-order valence-electron chi connectivity index (χ4n) is 2.24. The molecule has 0 aliphatic carbocycles. The molecule has 0 saturated carbocycles. The summed E-state index contributed by atoms with van der Waals surface area (Å²) in [6.07, 6.45) is 4.53. The van der Waals surface area contributed by atoms with E-state index in [1.807, 2.05) is 0 Å².